The number of anilines is 2. The third kappa shape index (κ3) is 4.80. The summed E-state index contributed by atoms with van der Waals surface area (Å²) in [6.45, 7) is 0. The van der Waals surface area contributed by atoms with E-state index >= 15 is 0 Å². The van der Waals surface area contributed by atoms with E-state index in [1.807, 2.05) is 0 Å². The van der Waals surface area contributed by atoms with Gasteiger partial charge in [-0.2, -0.15) is 5.26 Å². The molecule has 2 heterocycles. The van der Waals surface area contributed by atoms with Gasteiger partial charge in [-0.3, -0.25) is 14.5 Å². The largest absolute Gasteiger partial charge is 0.439 e. The van der Waals surface area contributed by atoms with Gasteiger partial charge < -0.3 is 10.1 Å². The minimum atomic E-state index is -0.665. The van der Waals surface area contributed by atoms with Crippen LogP contribution >= 0.6 is 22.9 Å². The van der Waals surface area contributed by atoms with Crippen LogP contribution in [0.5, 0.6) is 11.6 Å². The molecule has 2 aliphatic carbocycles. The lowest BCUT2D eigenvalue weighted by atomic mass is 9.95. The van der Waals surface area contributed by atoms with Crippen LogP contribution in [0.2, 0.25) is 5.02 Å². The lowest BCUT2D eigenvalue weighted by Crippen LogP contribution is -2.27. The summed E-state index contributed by atoms with van der Waals surface area (Å²) in [6.07, 6.45) is 3.18. The lowest BCUT2D eigenvalue weighted by molar-refractivity contribution is -0.119. The number of carbonyl (C=O) groups is 2. The topological polar surface area (TPSA) is 108 Å². The smallest absolute Gasteiger partial charge is 0.257 e. The molecule has 196 valence electrons. The van der Waals surface area contributed by atoms with Crippen LogP contribution in [0.25, 0.3) is 10.3 Å². The third-order valence-corrected chi connectivity index (χ3v) is 8.34. The van der Waals surface area contributed by atoms with E-state index in [0.717, 1.165) is 12.8 Å². The van der Waals surface area contributed by atoms with Gasteiger partial charge in [0.25, 0.3) is 5.91 Å². The van der Waals surface area contributed by atoms with Gasteiger partial charge in [0.15, 0.2) is 5.13 Å². The Balaban J connectivity index is 1.20. The van der Waals surface area contributed by atoms with Gasteiger partial charge in [0, 0.05) is 25.1 Å². The highest BCUT2D eigenvalue weighted by Crippen LogP contribution is 2.50. The number of nitrogens with one attached hydrogen (secondary N) is 1. The number of amides is 2. The van der Waals surface area contributed by atoms with Gasteiger partial charge in [0.05, 0.1) is 27.8 Å². The zero-order valence-corrected chi connectivity index (χ0v) is 22.3. The molecule has 2 amide bonds. The van der Waals surface area contributed by atoms with Gasteiger partial charge in [-0.25, -0.2) is 14.4 Å². The minimum absolute atomic E-state index is 0.0524. The zero-order chi connectivity index (χ0) is 27.3. The summed E-state index contributed by atoms with van der Waals surface area (Å²) in [4.78, 5) is 36.5. The number of hydrogen-bond donors (Lipinski definition) is 1. The Hall–Kier alpha value is -4.07. The van der Waals surface area contributed by atoms with Gasteiger partial charge in [0.2, 0.25) is 11.8 Å². The predicted molar refractivity (Wildman–Crippen MR) is 146 cm³/mol. The highest BCUT2D eigenvalue weighted by Gasteiger charge is 2.46. The average Bonchev–Trinajstić information content (AvgIpc) is 3.87. The Bertz CT molecular complexity index is 1690. The van der Waals surface area contributed by atoms with Gasteiger partial charge in [-0.15, -0.1) is 0 Å². The molecule has 39 heavy (non-hydrogen) atoms. The van der Waals surface area contributed by atoms with E-state index in [4.69, 9.17) is 16.3 Å². The molecular weight excluding hydrogens is 541 g/mol. The number of nitrogens with zero attached hydrogens (tertiary/aromatic N) is 4. The highest BCUT2D eigenvalue weighted by atomic mass is 35.5. The zero-order valence-electron chi connectivity index (χ0n) is 20.7. The van der Waals surface area contributed by atoms with E-state index in [-0.39, 0.29) is 39.7 Å². The van der Waals surface area contributed by atoms with Crippen LogP contribution in [-0.4, -0.2) is 28.8 Å². The lowest BCUT2D eigenvalue weighted by Gasteiger charge is -2.14. The van der Waals surface area contributed by atoms with E-state index in [1.165, 1.54) is 35.6 Å². The van der Waals surface area contributed by atoms with Crippen molar-refractivity contribution in [2.75, 3.05) is 17.3 Å². The maximum absolute atomic E-state index is 14.6. The van der Waals surface area contributed by atoms with Crippen molar-refractivity contribution >= 4 is 55.9 Å². The maximum atomic E-state index is 14.6. The van der Waals surface area contributed by atoms with Crippen LogP contribution in [0.3, 0.4) is 0 Å². The SMILES string of the molecule is CN(C(=O)C1CC1)c1nc2ccc(Oc3ccc(F)c(NC(=O)c4cccc(C5(C#N)CC5)c4Cl)c3)nc2s1. The first-order chi connectivity index (χ1) is 18.8. The summed E-state index contributed by atoms with van der Waals surface area (Å²) >= 11 is 7.77. The molecule has 0 atom stereocenters. The second kappa shape index (κ2) is 9.59. The average molecular weight is 562 g/mol. The summed E-state index contributed by atoms with van der Waals surface area (Å²) in [5.74, 6) is -0.623. The molecule has 2 fully saturated rings. The molecule has 11 heteroatoms. The fraction of sp³-hybridized carbons (Fsp3) is 0.250. The quantitative estimate of drug-likeness (QED) is 0.277. The number of hydrogen-bond acceptors (Lipinski definition) is 7. The van der Waals surface area contributed by atoms with Gasteiger partial charge in [-0.1, -0.05) is 35.1 Å². The van der Waals surface area contributed by atoms with E-state index in [9.17, 15) is 19.2 Å². The second-order valence-corrected chi connectivity index (χ2v) is 11.0. The molecule has 0 saturated heterocycles. The van der Waals surface area contributed by atoms with Crippen molar-refractivity contribution in [3.63, 3.8) is 0 Å². The molecule has 2 saturated carbocycles. The Labute approximate surface area is 232 Å². The third-order valence-electron chi connectivity index (χ3n) is 6.89. The van der Waals surface area contributed by atoms with Crippen LogP contribution in [-0.2, 0) is 10.2 Å². The van der Waals surface area contributed by atoms with E-state index in [1.54, 1.807) is 36.2 Å². The molecule has 0 radical (unpaired) electrons. The number of aromatic nitrogens is 2. The van der Waals surface area contributed by atoms with E-state index < -0.39 is 17.1 Å². The van der Waals surface area contributed by atoms with Crippen LogP contribution in [0.1, 0.15) is 41.6 Å². The predicted octanol–water partition coefficient (Wildman–Crippen LogP) is 6.46. The normalized spacial score (nSPS) is 15.4. The fourth-order valence-corrected chi connectivity index (χ4v) is 5.60. The highest BCUT2D eigenvalue weighted by molar-refractivity contribution is 7.22. The van der Waals surface area contributed by atoms with Gasteiger partial charge >= 0.3 is 0 Å². The first-order valence-corrected chi connectivity index (χ1v) is 13.5. The number of fused-ring (bicyclic) bond motifs is 1. The van der Waals surface area contributed by atoms with E-state index in [2.05, 4.69) is 21.4 Å². The first kappa shape index (κ1) is 25.2. The number of nitriles is 1. The molecule has 2 aromatic heterocycles. The fourth-order valence-electron chi connectivity index (χ4n) is 4.30. The molecule has 0 spiro atoms. The van der Waals surface area contributed by atoms with Crippen LogP contribution in [0.15, 0.2) is 48.5 Å². The Morgan fingerprint density at radius 1 is 1.21 bits per heavy atom. The Morgan fingerprint density at radius 3 is 2.72 bits per heavy atom. The van der Waals surface area contributed by atoms with Crippen molar-refractivity contribution in [1.29, 1.82) is 5.26 Å². The number of rotatable bonds is 7. The molecule has 6 rings (SSSR count). The second-order valence-electron chi connectivity index (χ2n) is 9.70. The Kier molecular flexibility index (Phi) is 6.20. The van der Waals surface area contributed by atoms with Crippen molar-refractivity contribution in [2.24, 2.45) is 5.92 Å². The molecule has 0 unspecified atom stereocenters. The summed E-state index contributed by atoms with van der Waals surface area (Å²) in [5, 5.41) is 12.8. The number of carbonyl (C=O) groups excluding carboxylic acids is 2. The summed E-state index contributed by atoms with van der Waals surface area (Å²) in [7, 11) is 1.71. The first-order valence-electron chi connectivity index (χ1n) is 12.3. The Morgan fingerprint density at radius 2 is 2.00 bits per heavy atom. The molecular formula is C28H21ClFN5O3S. The number of benzene rings is 2. The molecule has 4 aromatic rings. The van der Waals surface area contributed by atoms with Gasteiger partial charge in [-0.05, 0) is 55.5 Å². The van der Waals surface area contributed by atoms with Crippen molar-refractivity contribution in [3.05, 3.63) is 70.5 Å². The van der Waals surface area contributed by atoms with Crippen LogP contribution < -0.4 is 15.0 Å². The van der Waals surface area contributed by atoms with Crippen molar-refractivity contribution in [1.82, 2.24) is 9.97 Å². The van der Waals surface area contributed by atoms with Crippen molar-refractivity contribution in [2.45, 2.75) is 31.1 Å². The molecule has 1 N–H and O–H groups in total. The number of ether oxygens (including phenoxy) is 1. The molecule has 8 nitrogen and oxygen atoms in total. The summed E-state index contributed by atoms with van der Waals surface area (Å²) in [5.41, 5.74) is 0.629. The van der Waals surface area contributed by atoms with Gasteiger partial charge in [0.1, 0.15) is 21.9 Å². The van der Waals surface area contributed by atoms with Crippen LogP contribution in [0.4, 0.5) is 15.2 Å². The number of halogens is 2. The van der Waals surface area contributed by atoms with Crippen molar-refractivity contribution < 1.29 is 18.7 Å². The van der Waals surface area contributed by atoms with E-state index in [0.29, 0.717) is 33.9 Å². The molecule has 2 aliphatic rings. The minimum Gasteiger partial charge on any atom is -0.439 e. The maximum Gasteiger partial charge on any atom is 0.257 e. The summed E-state index contributed by atoms with van der Waals surface area (Å²) < 4.78 is 20.5. The monoisotopic (exact) mass is 561 g/mol. The molecule has 0 aliphatic heterocycles. The number of thiazole rings is 1. The standard InChI is InChI=1S/C28H21ClFN5O3S/c1-35(26(37)15-5-6-15)27-33-20-9-10-22(34-25(20)39-27)38-16-7-8-19(30)21(13-16)32-24(36)17-3-2-4-18(23(17)29)28(14-31)11-12-28/h2-4,7-10,13,15H,5-6,11-12H2,1H3,(H,32,36). The molecule has 0 bridgehead atoms. The van der Waals surface area contributed by atoms with Crippen LogP contribution in [0, 0.1) is 23.1 Å². The summed E-state index contributed by atoms with van der Waals surface area (Å²) in [6, 6.07) is 14.5. The number of pyridine rings is 1. The van der Waals surface area contributed by atoms with Crippen molar-refractivity contribution in [3.8, 4) is 17.7 Å². The molecule has 2 aromatic carbocycles.